The second-order valence-electron chi connectivity index (χ2n) is 5.16. The molecule has 2 aromatic heterocycles. The molecule has 112 valence electrons. The molecule has 0 aliphatic rings. The fraction of sp³-hybridized carbons (Fsp3) is 0.0526. The first kappa shape index (κ1) is 14.9. The summed E-state index contributed by atoms with van der Waals surface area (Å²) in [5, 5.41) is 0. The molecule has 2 heterocycles. The molecule has 0 aliphatic carbocycles. The molecule has 0 saturated carbocycles. The molecule has 4 rings (SSSR count). The Labute approximate surface area is 147 Å². The van der Waals surface area contributed by atoms with E-state index in [1.165, 1.54) is 20.3 Å². The number of rotatable bonds is 4. The Morgan fingerprint density at radius 2 is 1.04 bits per heavy atom. The Balaban J connectivity index is 1.53. The summed E-state index contributed by atoms with van der Waals surface area (Å²) in [6.07, 6.45) is 0.930. The monoisotopic (exact) mass is 430 g/mol. The van der Waals surface area contributed by atoms with Gasteiger partial charge in [0.25, 0.3) is 0 Å². The van der Waals surface area contributed by atoms with E-state index in [0.717, 1.165) is 17.8 Å². The van der Waals surface area contributed by atoms with E-state index in [9.17, 15) is 0 Å². The molecule has 0 aliphatic heterocycles. The topological polar surface area (TPSA) is 25.8 Å². The van der Waals surface area contributed by atoms with Crippen LogP contribution < -0.4 is 0 Å². The molecule has 0 N–H and O–H groups in total. The molecule has 0 amide bonds. The van der Waals surface area contributed by atoms with Crippen LogP contribution in [0.1, 0.15) is 9.14 Å². The summed E-state index contributed by atoms with van der Waals surface area (Å²) in [6, 6.07) is 20.9. The maximum atomic E-state index is 4.83. The van der Waals surface area contributed by atoms with Crippen LogP contribution in [0.4, 0.5) is 0 Å². The molecule has 2 aromatic carbocycles. The van der Waals surface area contributed by atoms with Gasteiger partial charge in [-0.2, -0.15) is 0 Å². The summed E-state index contributed by atoms with van der Waals surface area (Å²) in [6.45, 7) is 0. The van der Waals surface area contributed by atoms with Crippen molar-refractivity contribution >= 4 is 29.0 Å². The zero-order valence-corrected chi connectivity index (χ0v) is 15.8. The predicted octanol–water partition coefficient (Wildman–Crippen LogP) is 3.52. The summed E-state index contributed by atoms with van der Waals surface area (Å²) >= 11 is 0.721. The van der Waals surface area contributed by atoms with Gasteiger partial charge in [-0.1, -0.05) is 0 Å². The first-order chi connectivity index (χ1) is 11.4. The molecule has 0 unspecified atom stereocenters. The third-order valence-corrected chi connectivity index (χ3v) is 7.11. The molecule has 0 bridgehead atoms. The van der Waals surface area contributed by atoms with Crippen molar-refractivity contribution in [1.82, 2.24) is 9.97 Å². The third-order valence-electron chi connectivity index (χ3n) is 3.55. The average Bonchev–Trinajstić information content (AvgIpc) is 3.27. The van der Waals surface area contributed by atoms with E-state index in [0.29, 0.717) is 29.0 Å². The van der Waals surface area contributed by atoms with Gasteiger partial charge in [0.1, 0.15) is 0 Å². The molecule has 0 radical (unpaired) electrons. The maximum absolute atomic E-state index is 4.83. The zero-order valence-electron chi connectivity index (χ0n) is 12.3. The number of hydrogen-bond acceptors (Lipinski definition) is 2. The summed E-state index contributed by atoms with van der Waals surface area (Å²) in [4.78, 5) is 14.2. The van der Waals surface area contributed by atoms with Crippen molar-refractivity contribution in [1.29, 1.82) is 0 Å². The molecule has 0 atom stereocenters. The standard InChI is InChI=1S/C19H14N2Se2/c1-3-7-14(8-4-1)16-12-22-18(20-16)11-19-21-17(13-23-19)15-9-5-2-6-10-15/h1-10,12-13H,11H2. The van der Waals surface area contributed by atoms with Crippen LogP contribution in [0, 0.1) is 0 Å². The molecular formula is C19H14N2Se2. The van der Waals surface area contributed by atoms with Gasteiger partial charge in [0.05, 0.1) is 0 Å². The van der Waals surface area contributed by atoms with E-state index in [4.69, 9.17) is 9.97 Å². The fourth-order valence-electron chi connectivity index (χ4n) is 2.40. The molecule has 4 heteroatoms. The Morgan fingerprint density at radius 1 is 0.609 bits per heavy atom. The zero-order chi connectivity index (χ0) is 15.5. The Morgan fingerprint density at radius 3 is 1.48 bits per heavy atom. The van der Waals surface area contributed by atoms with Gasteiger partial charge in [0.15, 0.2) is 0 Å². The van der Waals surface area contributed by atoms with Crippen LogP contribution in [0.15, 0.2) is 70.5 Å². The first-order valence-corrected chi connectivity index (χ1v) is 11.1. The van der Waals surface area contributed by atoms with Crippen LogP contribution in [0.2, 0.25) is 0 Å². The molecular weight excluding hydrogens is 414 g/mol. The van der Waals surface area contributed by atoms with Crippen LogP contribution >= 0.6 is 0 Å². The normalized spacial score (nSPS) is 10.8. The second-order valence-corrected chi connectivity index (χ2v) is 9.12. The molecule has 2 nitrogen and oxygen atoms in total. The Kier molecular flexibility index (Phi) is 4.41. The van der Waals surface area contributed by atoms with E-state index in [2.05, 4.69) is 58.4 Å². The summed E-state index contributed by atoms with van der Waals surface area (Å²) < 4.78 is 2.58. The van der Waals surface area contributed by atoms with Crippen LogP contribution in [-0.4, -0.2) is 39.0 Å². The predicted molar refractivity (Wildman–Crippen MR) is 96.0 cm³/mol. The van der Waals surface area contributed by atoms with E-state index >= 15 is 0 Å². The second kappa shape index (κ2) is 6.82. The first-order valence-electron chi connectivity index (χ1n) is 7.38. The van der Waals surface area contributed by atoms with Crippen molar-refractivity contribution in [3.8, 4) is 22.5 Å². The summed E-state index contributed by atoms with van der Waals surface area (Å²) in [5.41, 5.74) is 4.68. The Hall–Kier alpha value is -1.70. The molecule has 0 fully saturated rings. The van der Waals surface area contributed by atoms with Crippen molar-refractivity contribution in [2.75, 3.05) is 0 Å². The number of benzene rings is 2. The molecule has 0 spiro atoms. The van der Waals surface area contributed by atoms with Crippen molar-refractivity contribution in [3.05, 3.63) is 79.7 Å². The average molecular weight is 428 g/mol. The van der Waals surface area contributed by atoms with Gasteiger partial charge in [0.2, 0.25) is 0 Å². The minimum absolute atomic E-state index is 0.360. The summed E-state index contributed by atoms with van der Waals surface area (Å²) in [5.74, 6) is 0. The van der Waals surface area contributed by atoms with Gasteiger partial charge < -0.3 is 0 Å². The van der Waals surface area contributed by atoms with E-state index in [-0.39, 0.29) is 0 Å². The Bertz CT molecular complexity index is 820. The van der Waals surface area contributed by atoms with Crippen LogP contribution in [0.5, 0.6) is 0 Å². The van der Waals surface area contributed by atoms with Crippen molar-refractivity contribution in [2.45, 2.75) is 6.42 Å². The van der Waals surface area contributed by atoms with E-state index in [1.807, 2.05) is 12.1 Å². The van der Waals surface area contributed by atoms with Crippen molar-refractivity contribution < 1.29 is 0 Å². The van der Waals surface area contributed by atoms with E-state index in [1.54, 1.807) is 0 Å². The van der Waals surface area contributed by atoms with Crippen LogP contribution in [0.25, 0.3) is 22.5 Å². The van der Waals surface area contributed by atoms with Gasteiger partial charge in [-0.05, 0) is 0 Å². The van der Waals surface area contributed by atoms with Crippen LogP contribution in [0.3, 0.4) is 0 Å². The minimum atomic E-state index is 0.360. The molecule has 0 saturated heterocycles. The summed E-state index contributed by atoms with van der Waals surface area (Å²) in [7, 11) is 0. The third kappa shape index (κ3) is 3.46. The molecule has 23 heavy (non-hydrogen) atoms. The van der Waals surface area contributed by atoms with Crippen molar-refractivity contribution in [3.63, 3.8) is 0 Å². The van der Waals surface area contributed by atoms with Crippen LogP contribution in [-0.2, 0) is 6.42 Å². The fourth-order valence-corrected chi connectivity index (χ4v) is 6.25. The SMILES string of the molecule is c1ccc(-c2c[se]c(Cc3nc(-c4ccccc4)c[se]3)n2)cc1. The molecule has 4 aromatic rings. The van der Waals surface area contributed by atoms with Gasteiger partial charge in [-0.15, -0.1) is 0 Å². The van der Waals surface area contributed by atoms with Crippen molar-refractivity contribution in [2.24, 2.45) is 0 Å². The quantitative estimate of drug-likeness (QED) is 0.465. The van der Waals surface area contributed by atoms with Gasteiger partial charge in [-0.3, -0.25) is 0 Å². The van der Waals surface area contributed by atoms with Gasteiger partial charge in [0, 0.05) is 0 Å². The van der Waals surface area contributed by atoms with Gasteiger partial charge >= 0.3 is 148 Å². The van der Waals surface area contributed by atoms with Gasteiger partial charge in [-0.25, -0.2) is 0 Å². The number of hydrogen-bond donors (Lipinski definition) is 0. The number of nitrogens with zero attached hydrogens (tertiary/aromatic N) is 2. The van der Waals surface area contributed by atoms with E-state index < -0.39 is 0 Å². The number of aromatic nitrogens is 2.